The summed E-state index contributed by atoms with van der Waals surface area (Å²) in [7, 11) is 0. The lowest BCUT2D eigenvalue weighted by molar-refractivity contribution is 0.252. The van der Waals surface area contributed by atoms with E-state index in [4.69, 9.17) is 4.98 Å². The third kappa shape index (κ3) is 4.82. The Bertz CT molecular complexity index is 891. The minimum absolute atomic E-state index is 0.229. The zero-order valence-corrected chi connectivity index (χ0v) is 20.4. The number of piperazine rings is 1. The van der Waals surface area contributed by atoms with Crippen molar-refractivity contribution in [2.24, 2.45) is 0 Å². The van der Waals surface area contributed by atoms with Crippen LogP contribution in [0.15, 0.2) is 36.4 Å². The quantitative estimate of drug-likeness (QED) is 0.504. The summed E-state index contributed by atoms with van der Waals surface area (Å²) < 4.78 is 0. The molecule has 2 heterocycles. The molecule has 1 fully saturated rings. The Morgan fingerprint density at radius 1 is 0.839 bits per heavy atom. The number of aromatic nitrogens is 1. The van der Waals surface area contributed by atoms with E-state index in [0.29, 0.717) is 0 Å². The highest BCUT2D eigenvalue weighted by Crippen LogP contribution is 2.46. The first-order valence-corrected chi connectivity index (χ1v) is 12.4. The Balaban J connectivity index is 1.52. The topological polar surface area (TPSA) is 19.4 Å². The van der Waals surface area contributed by atoms with Crippen LogP contribution >= 0.6 is 0 Å². The van der Waals surface area contributed by atoms with Crippen LogP contribution in [-0.4, -0.2) is 42.6 Å². The maximum Gasteiger partial charge on any atom is 0.129 e. The van der Waals surface area contributed by atoms with E-state index < -0.39 is 0 Å². The van der Waals surface area contributed by atoms with Gasteiger partial charge < -0.3 is 4.90 Å². The average Bonchev–Trinajstić information content (AvgIpc) is 2.78. The van der Waals surface area contributed by atoms with Crippen LogP contribution in [0.25, 0.3) is 11.3 Å². The van der Waals surface area contributed by atoms with Crippen LogP contribution < -0.4 is 4.90 Å². The van der Waals surface area contributed by atoms with Crippen molar-refractivity contribution >= 4 is 5.82 Å². The number of nitrogens with zero attached hydrogens (tertiary/aromatic N) is 3. The maximum absolute atomic E-state index is 5.11. The van der Waals surface area contributed by atoms with Crippen molar-refractivity contribution in [2.75, 3.05) is 37.6 Å². The third-order valence-electron chi connectivity index (χ3n) is 7.66. The van der Waals surface area contributed by atoms with Crippen molar-refractivity contribution in [1.82, 2.24) is 9.88 Å². The fourth-order valence-corrected chi connectivity index (χ4v) is 5.29. The van der Waals surface area contributed by atoms with Crippen LogP contribution in [0.1, 0.15) is 77.8 Å². The molecule has 0 spiro atoms. The first-order chi connectivity index (χ1) is 14.8. The molecule has 31 heavy (non-hydrogen) atoms. The van der Waals surface area contributed by atoms with Gasteiger partial charge in [0.25, 0.3) is 0 Å². The number of fused-ring (bicyclic) bond motifs is 1. The summed E-state index contributed by atoms with van der Waals surface area (Å²) in [6.45, 7) is 17.6. The van der Waals surface area contributed by atoms with Crippen molar-refractivity contribution in [1.29, 1.82) is 0 Å². The minimum Gasteiger partial charge on any atom is -0.354 e. The molecule has 1 saturated heterocycles. The largest absolute Gasteiger partial charge is 0.354 e. The summed E-state index contributed by atoms with van der Waals surface area (Å²) in [5.41, 5.74) is 5.87. The number of pyridine rings is 1. The molecule has 1 aromatic carbocycles. The fourth-order valence-electron chi connectivity index (χ4n) is 5.29. The van der Waals surface area contributed by atoms with Gasteiger partial charge in [0.05, 0.1) is 5.69 Å². The monoisotopic (exact) mass is 419 g/mol. The van der Waals surface area contributed by atoms with E-state index >= 15 is 0 Å². The van der Waals surface area contributed by atoms with E-state index in [1.165, 1.54) is 55.3 Å². The number of hydrogen-bond acceptors (Lipinski definition) is 3. The second-order valence-electron chi connectivity index (χ2n) is 10.9. The van der Waals surface area contributed by atoms with Crippen molar-refractivity contribution in [3.05, 3.63) is 47.5 Å². The Hall–Kier alpha value is -1.87. The van der Waals surface area contributed by atoms with Gasteiger partial charge in [-0.2, -0.15) is 0 Å². The van der Waals surface area contributed by atoms with Gasteiger partial charge in [-0.3, -0.25) is 4.90 Å². The first-order valence-electron chi connectivity index (χ1n) is 12.4. The number of rotatable bonds is 6. The van der Waals surface area contributed by atoms with Crippen molar-refractivity contribution < 1.29 is 0 Å². The van der Waals surface area contributed by atoms with Gasteiger partial charge in [-0.05, 0) is 66.0 Å². The molecule has 0 unspecified atom stereocenters. The predicted molar refractivity (Wildman–Crippen MR) is 133 cm³/mol. The Labute approximate surface area is 189 Å². The van der Waals surface area contributed by atoms with Crippen LogP contribution in [0.2, 0.25) is 0 Å². The molecule has 0 atom stereocenters. The van der Waals surface area contributed by atoms with Crippen LogP contribution in [-0.2, 0) is 10.8 Å². The third-order valence-corrected chi connectivity index (χ3v) is 7.66. The molecule has 168 valence electrons. The molecule has 0 bridgehead atoms. The molecule has 3 heteroatoms. The lowest BCUT2D eigenvalue weighted by Gasteiger charge is -2.42. The zero-order valence-electron chi connectivity index (χ0n) is 20.4. The van der Waals surface area contributed by atoms with Crippen molar-refractivity contribution in [3.63, 3.8) is 0 Å². The van der Waals surface area contributed by atoms with Gasteiger partial charge in [-0.15, -0.1) is 0 Å². The SMILES string of the molecule is CCCCCN1CCN(c2cccc(-c3ccc4c(c3)C(C)(C)CCC4(C)C)n2)CC1. The number of benzene rings is 1. The van der Waals surface area contributed by atoms with Gasteiger partial charge in [0.15, 0.2) is 0 Å². The van der Waals surface area contributed by atoms with Crippen LogP contribution in [0.5, 0.6) is 0 Å². The van der Waals surface area contributed by atoms with Gasteiger partial charge in [-0.1, -0.05) is 65.7 Å². The molecular formula is C28H41N3. The Morgan fingerprint density at radius 2 is 1.55 bits per heavy atom. The zero-order chi connectivity index (χ0) is 22.1. The molecule has 2 aliphatic rings. The minimum atomic E-state index is 0.229. The molecule has 2 aromatic rings. The summed E-state index contributed by atoms with van der Waals surface area (Å²) in [4.78, 5) is 10.2. The molecule has 1 aliphatic heterocycles. The van der Waals surface area contributed by atoms with Crippen LogP contribution in [0, 0.1) is 0 Å². The molecular weight excluding hydrogens is 378 g/mol. The molecule has 4 rings (SSSR count). The molecule has 3 nitrogen and oxygen atoms in total. The first kappa shape index (κ1) is 22.3. The van der Waals surface area contributed by atoms with Gasteiger partial charge >= 0.3 is 0 Å². The molecule has 0 amide bonds. The fraction of sp³-hybridized carbons (Fsp3) is 0.607. The number of unbranched alkanes of at least 4 members (excludes halogenated alkanes) is 2. The summed E-state index contributed by atoms with van der Waals surface area (Å²) in [6.07, 6.45) is 6.47. The van der Waals surface area contributed by atoms with Gasteiger partial charge in [-0.25, -0.2) is 4.98 Å². The molecule has 1 aromatic heterocycles. The van der Waals surface area contributed by atoms with Gasteiger partial charge in [0.2, 0.25) is 0 Å². The highest BCUT2D eigenvalue weighted by molar-refractivity contribution is 5.65. The number of anilines is 1. The summed E-state index contributed by atoms with van der Waals surface area (Å²) in [6, 6.07) is 13.6. The standard InChI is InChI=1S/C28H41N3/c1-6-7-8-16-30-17-19-31(20-18-30)26-11-9-10-25(29-26)22-12-13-23-24(21-22)28(4,5)15-14-27(23,2)3/h9-13,21H,6-8,14-20H2,1-5H3. The lowest BCUT2D eigenvalue weighted by Crippen LogP contribution is -2.46. The lowest BCUT2D eigenvalue weighted by atomic mass is 9.63. The van der Waals surface area contributed by atoms with Crippen LogP contribution in [0.3, 0.4) is 0 Å². The smallest absolute Gasteiger partial charge is 0.129 e. The molecule has 0 saturated carbocycles. The second-order valence-corrected chi connectivity index (χ2v) is 10.9. The highest BCUT2D eigenvalue weighted by Gasteiger charge is 2.37. The van der Waals surface area contributed by atoms with E-state index in [-0.39, 0.29) is 10.8 Å². The van der Waals surface area contributed by atoms with E-state index in [9.17, 15) is 0 Å². The number of hydrogen-bond donors (Lipinski definition) is 0. The highest BCUT2D eigenvalue weighted by atomic mass is 15.3. The van der Waals surface area contributed by atoms with Gasteiger partial charge in [0, 0.05) is 31.7 Å². The Morgan fingerprint density at radius 3 is 2.26 bits per heavy atom. The van der Waals surface area contributed by atoms with Gasteiger partial charge in [0.1, 0.15) is 5.82 Å². The Kier molecular flexibility index (Phi) is 6.44. The van der Waals surface area contributed by atoms with Crippen molar-refractivity contribution in [2.45, 2.75) is 77.6 Å². The summed E-state index contributed by atoms with van der Waals surface area (Å²) >= 11 is 0. The van der Waals surface area contributed by atoms with E-state index in [1.54, 1.807) is 0 Å². The normalized spacial score (nSPS) is 20.5. The second kappa shape index (κ2) is 8.94. The molecule has 0 radical (unpaired) electrons. The average molecular weight is 420 g/mol. The van der Waals surface area contributed by atoms with Crippen molar-refractivity contribution in [3.8, 4) is 11.3 Å². The maximum atomic E-state index is 5.11. The predicted octanol–water partition coefficient (Wildman–Crippen LogP) is 6.41. The van der Waals surface area contributed by atoms with E-state index in [2.05, 4.69) is 80.8 Å². The van der Waals surface area contributed by atoms with Crippen LogP contribution in [0.4, 0.5) is 5.82 Å². The van der Waals surface area contributed by atoms with E-state index in [1.807, 2.05) is 0 Å². The molecule has 0 N–H and O–H groups in total. The summed E-state index contributed by atoms with van der Waals surface area (Å²) in [5.74, 6) is 1.13. The van der Waals surface area contributed by atoms with E-state index in [0.717, 1.165) is 37.7 Å². The molecule has 1 aliphatic carbocycles. The summed E-state index contributed by atoms with van der Waals surface area (Å²) in [5, 5.41) is 0.